The zero-order chi connectivity index (χ0) is 24.2. The SMILES string of the molecule is CCOc1cc(C2C(C(=O)Nc3ccccc3OC)=C(C)Nc3ncnn32)cc(Br)c1OCC. The normalized spacial score (nSPS) is 14.8. The summed E-state index contributed by atoms with van der Waals surface area (Å²) in [5.41, 5.74) is 2.51. The van der Waals surface area contributed by atoms with E-state index >= 15 is 0 Å². The van der Waals surface area contributed by atoms with E-state index in [0.29, 0.717) is 53.4 Å². The molecule has 9 nitrogen and oxygen atoms in total. The van der Waals surface area contributed by atoms with Gasteiger partial charge >= 0.3 is 0 Å². The van der Waals surface area contributed by atoms with Crippen LogP contribution in [0.4, 0.5) is 11.6 Å². The molecule has 1 unspecified atom stereocenters. The summed E-state index contributed by atoms with van der Waals surface area (Å²) < 4.78 is 19.5. The lowest BCUT2D eigenvalue weighted by Crippen LogP contribution is -2.31. The highest BCUT2D eigenvalue weighted by atomic mass is 79.9. The minimum Gasteiger partial charge on any atom is -0.495 e. The Morgan fingerprint density at radius 1 is 1.18 bits per heavy atom. The Morgan fingerprint density at radius 2 is 1.94 bits per heavy atom. The lowest BCUT2D eigenvalue weighted by Gasteiger charge is -2.29. The number of allylic oxidation sites excluding steroid dienone is 1. The summed E-state index contributed by atoms with van der Waals surface area (Å²) >= 11 is 3.61. The van der Waals surface area contributed by atoms with Crippen LogP contribution in [0.15, 0.2) is 58.5 Å². The molecule has 1 aromatic heterocycles. The number of hydrogen-bond acceptors (Lipinski definition) is 7. The summed E-state index contributed by atoms with van der Waals surface area (Å²) in [6.07, 6.45) is 1.46. The number of benzene rings is 2. The molecule has 0 bridgehead atoms. The second-order valence-electron chi connectivity index (χ2n) is 7.44. The van der Waals surface area contributed by atoms with Crippen LogP contribution in [0.2, 0.25) is 0 Å². The van der Waals surface area contributed by atoms with Crippen molar-refractivity contribution in [1.82, 2.24) is 14.8 Å². The predicted molar refractivity (Wildman–Crippen MR) is 133 cm³/mol. The molecule has 1 amide bonds. The van der Waals surface area contributed by atoms with Gasteiger partial charge < -0.3 is 24.8 Å². The molecule has 0 saturated heterocycles. The van der Waals surface area contributed by atoms with Gasteiger partial charge in [0, 0.05) is 5.70 Å². The van der Waals surface area contributed by atoms with Crippen molar-refractivity contribution in [3.63, 3.8) is 0 Å². The van der Waals surface area contributed by atoms with Crippen molar-refractivity contribution in [2.45, 2.75) is 26.8 Å². The van der Waals surface area contributed by atoms with E-state index in [0.717, 1.165) is 10.0 Å². The number of hydrogen-bond donors (Lipinski definition) is 2. The summed E-state index contributed by atoms with van der Waals surface area (Å²) in [5.74, 6) is 2.01. The number of anilines is 2. The number of ether oxygens (including phenoxy) is 3. The van der Waals surface area contributed by atoms with Crippen LogP contribution in [0.5, 0.6) is 17.2 Å². The summed E-state index contributed by atoms with van der Waals surface area (Å²) in [4.78, 5) is 17.9. The second kappa shape index (κ2) is 10.2. The fraction of sp³-hybridized carbons (Fsp3) is 0.292. The Hall–Kier alpha value is -3.53. The number of methoxy groups -OCH3 is 1. The molecular formula is C24H26BrN5O4. The van der Waals surface area contributed by atoms with E-state index in [1.54, 1.807) is 23.9 Å². The molecule has 2 aromatic carbocycles. The average molecular weight is 528 g/mol. The van der Waals surface area contributed by atoms with Gasteiger partial charge in [-0.3, -0.25) is 4.79 Å². The van der Waals surface area contributed by atoms with Crippen LogP contribution in [-0.2, 0) is 4.79 Å². The zero-order valence-corrected chi connectivity index (χ0v) is 21.0. The third-order valence-corrected chi connectivity index (χ3v) is 5.92. The van der Waals surface area contributed by atoms with E-state index in [4.69, 9.17) is 14.2 Å². The Balaban J connectivity index is 1.81. The lowest BCUT2D eigenvalue weighted by atomic mass is 9.94. The number of amides is 1. The first-order valence-electron chi connectivity index (χ1n) is 10.9. The van der Waals surface area contributed by atoms with Crippen molar-refractivity contribution < 1.29 is 19.0 Å². The van der Waals surface area contributed by atoms with Gasteiger partial charge in [0.05, 0.1) is 36.1 Å². The Bertz CT molecular complexity index is 1240. The van der Waals surface area contributed by atoms with Crippen molar-refractivity contribution in [3.8, 4) is 17.2 Å². The molecule has 178 valence electrons. The quantitative estimate of drug-likeness (QED) is 0.435. The van der Waals surface area contributed by atoms with E-state index in [-0.39, 0.29) is 5.91 Å². The van der Waals surface area contributed by atoms with Crippen LogP contribution in [-0.4, -0.2) is 41.0 Å². The molecule has 0 radical (unpaired) electrons. The Kier molecular flexibility index (Phi) is 7.06. The topological polar surface area (TPSA) is 99.5 Å². The zero-order valence-electron chi connectivity index (χ0n) is 19.4. The van der Waals surface area contributed by atoms with Crippen LogP contribution in [0.3, 0.4) is 0 Å². The smallest absolute Gasteiger partial charge is 0.255 e. The van der Waals surface area contributed by atoms with E-state index in [1.807, 2.05) is 45.0 Å². The van der Waals surface area contributed by atoms with Crippen LogP contribution in [0.1, 0.15) is 32.4 Å². The van der Waals surface area contributed by atoms with Gasteiger partial charge in [0.1, 0.15) is 18.1 Å². The van der Waals surface area contributed by atoms with Gasteiger partial charge in [0.2, 0.25) is 5.95 Å². The number of aromatic nitrogens is 3. The largest absolute Gasteiger partial charge is 0.495 e. The molecule has 2 heterocycles. The highest BCUT2D eigenvalue weighted by Crippen LogP contribution is 2.43. The van der Waals surface area contributed by atoms with Crippen molar-refractivity contribution in [2.75, 3.05) is 31.0 Å². The number of nitrogens with one attached hydrogen (secondary N) is 2. The molecule has 3 aromatic rings. The maximum absolute atomic E-state index is 13.6. The van der Waals surface area contributed by atoms with Crippen LogP contribution in [0.25, 0.3) is 0 Å². The number of carbonyl (C=O) groups excluding carboxylic acids is 1. The minimum absolute atomic E-state index is 0.288. The fourth-order valence-electron chi connectivity index (χ4n) is 3.92. The molecule has 0 spiro atoms. The number of fused-ring (bicyclic) bond motifs is 1. The van der Waals surface area contributed by atoms with Gasteiger partial charge in [-0.2, -0.15) is 10.1 Å². The highest BCUT2D eigenvalue weighted by Gasteiger charge is 2.34. The van der Waals surface area contributed by atoms with Crippen LogP contribution in [0, 0.1) is 0 Å². The van der Waals surface area contributed by atoms with Gasteiger partial charge in [-0.1, -0.05) is 12.1 Å². The standard InChI is InChI=1S/C24H26BrN5O4/c1-5-33-19-12-15(11-16(25)22(19)34-6-2)21-20(14(3)28-24-26-13-27-30(21)24)23(31)29-17-9-7-8-10-18(17)32-4/h7-13,21H,5-6H2,1-4H3,(H,29,31)(H,26,27,28). The monoisotopic (exact) mass is 527 g/mol. The molecular weight excluding hydrogens is 502 g/mol. The molecule has 1 aliphatic rings. The van der Waals surface area contributed by atoms with Gasteiger partial charge in [-0.25, -0.2) is 4.68 Å². The number of rotatable bonds is 8. The van der Waals surface area contributed by atoms with Crippen molar-refractivity contribution in [3.05, 3.63) is 64.0 Å². The molecule has 1 aliphatic heterocycles. The number of para-hydroxylation sites is 2. The average Bonchev–Trinajstić information content (AvgIpc) is 3.28. The van der Waals surface area contributed by atoms with Gasteiger partial charge in [-0.05, 0) is 66.5 Å². The van der Waals surface area contributed by atoms with Gasteiger partial charge in [0.25, 0.3) is 5.91 Å². The lowest BCUT2D eigenvalue weighted by molar-refractivity contribution is -0.113. The predicted octanol–water partition coefficient (Wildman–Crippen LogP) is 4.77. The summed E-state index contributed by atoms with van der Waals surface area (Å²) in [6, 6.07) is 10.5. The maximum atomic E-state index is 13.6. The second-order valence-corrected chi connectivity index (χ2v) is 8.30. The minimum atomic E-state index is -0.556. The van der Waals surface area contributed by atoms with Crippen molar-refractivity contribution in [1.29, 1.82) is 0 Å². The van der Waals surface area contributed by atoms with E-state index in [9.17, 15) is 4.79 Å². The van der Waals surface area contributed by atoms with Gasteiger partial charge in [-0.15, -0.1) is 0 Å². The molecule has 2 N–H and O–H groups in total. The maximum Gasteiger partial charge on any atom is 0.255 e. The van der Waals surface area contributed by atoms with E-state index in [1.165, 1.54) is 6.33 Å². The summed E-state index contributed by atoms with van der Waals surface area (Å²) in [6.45, 7) is 6.62. The van der Waals surface area contributed by atoms with Crippen LogP contribution < -0.4 is 24.8 Å². The molecule has 0 fully saturated rings. The highest BCUT2D eigenvalue weighted by molar-refractivity contribution is 9.10. The molecule has 0 saturated carbocycles. The first-order valence-corrected chi connectivity index (χ1v) is 11.7. The fourth-order valence-corrected chi connectivity index (χ4v) is 4.50. The molecule has 34 heavy (non-hydrogen) atoms. The number of halogens is 1. The summed E-state index contributed by atoms with van der Waals surface area (Å²) in [5, 5.41) is 10.6. The van der Waals surface area contributed by atoms with Gasteiger partial charge in [0.15, 0.2) is 11.5 Å². The van der Waals surface area contributed by atoms with Crippen LogP contribution >= 0.6 is 15.9 Å². The van der Waals surface area contributed by atoms with E-state index in [2.05, 4.69) is 36.6 Å². The first-order chi connectivity index (χ1) is 16.5. The van der Waals surface area contributed by atoms with Crippen molar-refractivity contribution in [2.24, 2.45) is 0 Å². The first kappa shape index (κ1) is 23.6. The van der Waals surface area contributed by atoms with Crippen molar-refractivity contribution >= 4 is 33.5 Å². The molecule has 1 atom stereocenters. The third kappa shape index (κ3) is 4.45. The third-order valence-electron chi connectivity index (χ3n) is 5.33. The molecule has 10 heteroatoms. The number of carbonyl (C=O) groups is 1. The summed E-state index contributed by atoms with van der Waals surface area (Å²) in [7, 11) is 1.56. The Labute approximate surface area is 206 Å². The number of nitrogens with zero attached hydrogens (tertiary/aromatic N) is 3. The Morgan fingerprint density at radius 3 is 2.68 bits per heavy atom. The molecule has 4 rings (SSSR count). The molecule has 0 aliphatic carbocycles. The van der Waals surface area contributed by atoms with E-state index < -0.39 is 6.04 Å².